The van der Waals surface area contributed by atoms with E-state index < -0.39 is 6.10 Å². The van der Waals surface area contributed by atoms with Crippen LogP contribution >= 0.6 is 0 Å². The van der Waals surface area contributed by atoms with E-state index in [4.69, 9.17) is 4.74 Å². The van der Waals surface area contributed by atoms with Crippen molar-refractivity contribution in [3.05, 3.63) is 53.1 Å². The number of aryl methyl sites for hydroxylation is 3. The number of carbonyl (C=O) groups is 2. The van der Waals surface area contributed by atoms with Gasteiger partial charge in [-0.25, -0.2) is 0 Å². The van der Waals surface area contributed by atoms with Crippen molar-refractivity contribution in [2.75, 3.05) is 10.6 Å². The van der Waals surface area contributed by atoms with E-state index in [9.17, 15) is 9.59 Å². The Morgan fingerprint density at radius 2 is 1.88 bits per heavy atom. The molecule has 0 aliphatic carbocycles. The average molecular weight is 324 g/mol. The average Bonchev–Trinajstić information content (AvgIpc) is 2.52. The summed E-state index contributed by atoms with van der Waals surface area (Å²) in [6.07, 6.45) is -0.864. The molecule has 2 N–H and O–H groups in total. The zero-order valence-corrected chi connectivity index (χ0v) is 14.0. The minimum Gasteiger partial charge on any atom is -0.478 e. The lowest BCUT2D eigenvalue weighted by atomic mass is 10.1. The Morgan fingerprint density at radius 3 is 2.58 bits per heavy atom. The van der Waals surface area contributed by atoms with Gasteiger partial charge in [0.15, 0.2) is 6.10 Å². The molecule has 0 fully saturated rings. The molecule has 124 valence electrons. The predicted octanol–water partition coefficient (Wildman–Crippen LogP) is 3.34. The van der Waals surface area contributed by atoms with Crippen molar-refractivity contribution >= 4 is 23.2 Å². The highest BCUT2D eigenvalue weighted by Gasteiger charge is 2.29. The molecule has 0 aromatic heterocycles. The fraction of sp³-hybridized carbons (Fsp3) is 0.263. The van der Waals surface area contributed by atoms with Crippen molar-refractivity contribution in [2.45, 2.75) is 33.3 Å². The Bertz CT molecular complexity index is 794. The fourth-order valence-electron chi connectivity index (χ4n) is 2.77. The lowest BCUT2D eigenvalue weighted by molar-refractivity contribution is -0.128. The van der Waals surface area contributed by atoms with Gasteiger partial charge in [-0.1, -0.05) is 24.3 Å². The maximum atomic E-state index is 12.3. The number of ether oxygens (including phenoxy) is 1. The molecule has 2 aromatic carbocycles. The van der Waals surface area contributed by atoms with E-state index in [0.717, 1.165) is 22.4 Å². The van der Waals surface area contributed by atoms with Crippen molar-refractivity contribution in [2.24, 2.45) is 0 Å². The quantitative estimate of drug-likeness (QED) is 0.910. The van der Waals surface area contributed by atoms with Crippen molar-refractivity contribution in [3.8, 4) is 5.75 Å². The number of nitrogens with one attached hydrogen (secondary N) is 2. The SMILES string of the molecule is Cc1ccc2c(c1)NC(=O)[C@@H](CC(=O)Nc1c(C)cccc1C)O2. The van der Waals surface area contributed by atoms with E-state index in [1.54, 1.807) is 6.07 Å². The third-order valence-electron chi connectivity index (χ3n) is 4.07. The Morgan fingerprint density at radius 1 is 1.17 bits per heavy atom. The molecule has 1 aliphatic heterocycles. The van der Waals surface area contributed by atoms with Crippen LogP contribution in [0.25, 0.3) is 0 Å². The molecule has 0 bridgehead atoms. The molecule has 0 radical (unpaired) electrons. The highest BCUT2D eigenvalue weighted by Crippen LogP contribution is 2.31. The number of hydrogen-bond donors (Lipinski definition) is 2. The lowest BCUT2D eigenvalue weighted by Crippen LogP contribution is -2.39. The van der Waals surface area contributed by atoms with Crippen LogP contribution in [0, 0.1) is 20.8 Å². The predicted molar refractivity (Wildman–Crippen MR) is 93.4 cm³/mol. The first-order chi connectivity index (χ1) is 11.4. The second-order valence-corrected chi connectivity index (χ2v) is 6.11. The third-order valence-corrected chi connectivity index (χ3v) is 4.07. The molecule has 0 saturated carbocycles. The summed E-state index contributed by atoms with van der Waals surface area (Å²) in [5.74, 6) is 0.0398. The molecule has 2 amide bonds. The normalized spacial score (nSPS) is 16.0. The number of para-hydroxylation sites is 1. The number of carbonyl (C=O) groups excluding carboxylic acids is 2. The number of rotatable bonds is 3. The van der Waals surface area contributed by atoms with Gasteiger partial charge in [0.05, 0.1) is 12.1 Å². The van der Waals surface area contributed by atoms with Gasteiger partial charge in [-0.3, -0.25) is 9.59 Å². The molecule has 2 aromatic rings. The van der Waals surface area contributed by atoms with E-state index in [-0.39, 0.29) is 18.2 Å². The van der Waals surface area contributed by atoms with E-state index >= 15 is 0 Å². The second-order valence-electron chi connectivity index (χ2n) is 6.11. The number of anilines is 2. The van der Waals surface area contributed by atoms with Crippen LogP contribution in [-0.2, 0) is 9.59 Å². The standard InChI is InChI=1S/C19H20N2O3/c1-11-7-8-15-14(9-11)20-19(23)16(24-15)10-17(22)21-18-12(2)5-4-6-13(18)3/h4-9,16H,10H2,1-3H3,(H,20,23)(H,21,22)/t16-/m1/s1. The molecule has 5 heteroatoms. The van der Waals surface area contributed by atoms with E-state index in [0.29, 0.717) is 11.4 Å². The molecular formula is C19H20N2O3. The summed E-state index contributed by atoms with van der Waals surface area (Å²) in [4.78, 5) is 24.5. The van der Waals surface area contributed by atoms with Crippen LogP contribution in [0.1, 0.15) is 23.1 Å². The van der Waals surface area contributed by atoms with Gasteiger partial charge in [0, 0.05) is 5.69 Å². The van der Waals surface area contributed by atoms with Crippen molar-refractivity contribution in [1.29, 1.82) is 0 Å². The van der Waals surface area contributed by atoms with Crippen LogP contribution in [0.5, 0.6) is 5.75 Å². The first kappa shape index (κ1) is 16.1. The molecule has 3 rings (SSSR count). The molecule has 0 saturated heterocycles. The zero-order chi connectivity index (χ0) is 17.3. The van der Waals surface area contributed by atoms with Crippen LogP contribution in [0.4, 0.5) is 11.4 Å². The molecular weight excluding hydrogens is 304 g/mol. The molecule has 1 atom stereocenters. The van der Waals surface area contributed by atoms with Crippen molar-refractivity contribution in [1.82, 2.24) is 0 Å². The lowest BCUT2D eigenvalue weighted by Gasteiger charge is -2.26. The monoisotopic (exact) mass is 324 g/mol. The van der Waals surface area contributed by atoms with Gasteiger partial charge < -0.3 is 15.4 Å². The Kier molecular flexibility index (Phi) is 4.25. The molecule has 0 spiro atoms. The van der Waals surface area contributed by atoms with Gasteiger partial charge in [0.2, 0.25) is 5.91 Å². The Balaban J connectivity index is 1.71. The smallest absolute Gasteiger partial charge is 0.266 e. The van der Waals surface area contributed by atoms with Crippen molar-refractivity contribution < 1.29 is 14.3 Å². The maximum Gasteiger partial charge on any atom is 0.266 e. The summed E-state index contributed by atoms with van der Waals surface area (Å²) in [5, 5.41) is 5.68. The summed E-state index contributed by atoms with van der Waals surface area (Å²) in [5.41, 5.74) is 4.43. The molecule has 24 heavy (non-hydrogen) atoms. The molecule has 5 nitrogen and oxygen atoms in total. The highest BCUT2D eigenvalue weighted by molar-refractivity contribution is 6.02. The highest BCUT2D eigenvalue weighted by atomic mass is 16.5. The van der Waals surface area contributed by atoms with Crippen LogP contribution < -0.4 is 15.4 Å². The number of amides is 2. The molecule has 1 heterocycles. The summed E-state index contributed by atoms with van der Waals surface area (Å²) in [7, 11) is 0. The first-order valence-corrected chi connectivity index (χ1v) is 7.88. The maximum absolute atomic E-state index is 12.3. The summed E-state index contributed by atoms with van der Waals surface area (Å²) >= 11 is 0. The first-order valence-electron chi connectivity index (χ1n) is 7.88. The Hall–Kier alpha value is -2.82. The number of benzene rings is 2. The van der Waals surface area contributed by atoms with Gasteiger partial charge in [-0.15, -0.1) is 0 Å². The van der Waals surface area contributed by atoms with Crippen LogP contribution in [0.15, 0.2) is 36.4 Å². The second kappa shape index (κ2) is 6.35. The van der Waals surface area contributed by atoms with Gasteiger partial charge in [-0.2, -0.15) is 0 Å². The summed E-state index contributed by atoms with van der Waals surface area (Å²) < 4.78 is 5.70. The van der Waals surface area contributed by atoms with Crippen LogP contribution in [0.3, 0.4) is 0 Å². The molecule has 1 aliphatic rings. The van der Waals surface area contributed by atoms with Crippen LogP contribution in [-0.4, -0.2) is 17.9 Å². The van der Waals surface area contributed by atoms with Gasteiger partial charge in [0.25, 0.3) is 5.91 Å². The van der Waals surface area contributed by atoms with E-state index in [1.165, 1.54) is 0 Å². The summed E-state index contributed by atoms with van der Waals surface area (Å²) in [6.45, 7) is 5.81. The van der Waals surface area contributed by atoms with Crippen LogP contribution in [0.2, 0.25) is 0 Å². The number of fused-ring (bicyclic) bond motifs is 1. The molecule has 0 unspecified atom stereocenters. The minimum absolute atomic E-state index is 0.0348. The Labute approximate surface area is 141 Å². The van der Waals surface area contributed by atoms with Crippen molar-refractivity contribution in [3.63, 3.8) is 0 Å². The van der Waals surface area contributed by atoms with Gasteiger partial charge in [-0.05, 0) is 49.6 Å². The largest absolute Gasteiger partial charge is 0.478 e. The third kappa shape index (κ3) is 3.25. The van der Waals surface area contributed by atoms with Gasteiger partial charge >= 0.3 is 0 Å². The summed E-state index contributed by atoms with van der Waals surface area (Å²) in [6, 6.07) is 11.4. The minimum atomic E-state index is -0.829. The van der Waals surface area contributed by atoms with E-state index in [2.05, 4.69) is 10.6 Å². The van der Waals surface area contributed by atoms with E-state index in [1.807, 2.05) is 51.1 Å². The van der Waals surface area contributed by atoms with Gasteiger partial charge in [0.1, 0.15) is 5.75 Å². The topological polar surface area (TPSA) is 67.4 Å². The zero-order valence-electron chi connectivity index (χ0n) is 14.0. The fourth-order valence-corrected chi connectivity index (χ4v) is 2.77. The number of hydrogen-bond acceptors (Lipinski definition) is 3.